The van der Waals surface area contributed by atoms with Crippen molar-refractivity contribution in [3.8, 4) is 5.75 Å². The third kappa shape index (κ3) is 5.37. The molecule has 0 radical (unpaired) electrons. The molecule has 0 aromatic heterocycles. The van der Waals surface area contributed by atoms with Crippen LogP contribution < -0.4 is 4.74 Å². The topological polar surface area (TPSA) is 43.4 Å². The smallest absolute Gasteiger partial charge is 0.232 e. The molecule has 1 aromatic rings. The van der Waals surface area contributed by atoms with Crippen molar-refractivity contribution < 1.29 is 17.5 Å². The quantitative estimate of drug-likeness (QED) is 0.594. The third-order valence-electron chi connectivity index (χ3n) is 2.33. The van der Waals surface area contributed by atoms with E-state index >= 15 is 0 Å². The molecule has 0 atom stereocenters. The molecule has 0 aliphatic carbocycles. The molecule has 17 heavy (non-hydrogen) atoms. The number of rotatable bonds is 6. The zero-order valence-electron chi connectivity index (χ0n) is 9.45. The summed E-state index contributed by atoms with van der Waals surface area (Å²) in [4.78, 5) is 0. The van der Waals surface area contributed by atoms with Gasteiger partial charge in [-0.25, -0.2) is 12.8 Å². The molecule has 0 unspecified atom stereocenters. The molecule has 0 saturated carbocycles. The molecule has 0 amide bonds. The number of methoxy groups -OCH3 is 1. The number of benzene rings is 1. The summed E-state index contributed by atoms with van der Waals surface area (Å²) in [7, 11) is 3.16. The third-order valence-corrected chi connectivity index (χ3v) is 3.57. The summed E-state index contributed by atoms with van der Waals surface area (Å²) in [5.74, 6) is 0.220. The minimum atomic E-state index is -3.44. The van der Waals surface area contributed by atoms with Crippen LogP contribution in [0.25, 0.3) is 0 Å². The highest BCUT2D eigenvalue weighted by molar-refractivity contribution is 8.13. The van der Waals surface area contributed by atoms with E-state index < -0.39 is 9.05 Å². The summed E-state index contributed by atoms with van der Waals surface area (Å²) in [5.41, 5.74) is 0.736. The Morgan fingerprint density at radius 2 is 2.06 bits per heavy atom. The molecule has 0 aliphatic rings. The van der Waals surface area contributed by atoms with Crippen LogP contribution in [0.1, 0.15) is 18.4 Å². The van der Waals surface area contributed by atoms with Crippen molar-refractivity contribution in [1.82, 2.24) is 0 Å². The van der Waals surface area contributed by atoms with Crippen molar-refractivity contribution in [2.24, 2.45) is 0 Å². The van der Waals surface area contributed by atoms with Crippen LogP contribution in [0.15, 0.2) is 18.2 Å². The van der Waals surface area contributed by atoms with Crippen LogP contribution in [-0.2, 0) is 15.5 Å². The normalized spacial score (nSPS) is 11.5. The van der Waals surface area contributed by atoms with Gasteiger partial charge in [0, 0.05) is 10.7 Å². The molecule has 0 spiro atoms. The summed E-state index contributed by atoms with van der Waals surface area (Å²) in [6.07, 6.45) is 1.63. The van der Waals surface area contributed by atoms with Crippen LogP contribution in [0.3, 0.4) is 0 Å². The Bertz CT molecular complexity index is 474. The van der Waals surface area contributed by atoms with Gasteiger partial charge in [0.15, 0.2) is 0 Å². The van der Waals surface area contributed by atoms with Gasteiger partial charge in [0.1, 0.15) is 11.6 Å². The van der Waals surface area contributed by atoms with Crippen molar-refractivity contribution in [2.45, 2.75) is 19.3 Å². The zero-order chi connectivity index (χ0) is 12.9. The molecule has 96 valence electrons. The van der Waals surface area contributed by atoms with E-state index in [0.717, 1.165) is 5.56 Å². The Balaban J connectivity index is 2.54. The van der Waals surface area contributed by atoms with Gasteiger partial charge in [-0.3, -0.25) is 0 Å². The van der Waals surface area contributed by atoms with E-state index in [1.807, 2.05) is 0 Å². The summed E-state index contributed by atoms with van der Waals surface area (Å²) >= 11 is 0. The minimum Gasteiger partial charge on any atom is -0.496 e. The number of halogens is 2. The molecule has 1 rings (SSSR count). The molecule has 0 heterocycles. The van der Waals surface area contributed by atoms with Gasteiger partial charge in [0.2, 0.25) is 9.05 Å². The van der Waals surface area contributed by atoms with Crippen molar-refractivity contribution in [1.29, 1.82) is 0 Å². The predicted molar refractivity (Wildman–Crippen MR) is 65.5 cm³/mol. The van der Waals surface area contributed by atoms with Crippen molar-refractivity contribution >= 4 is 19.7 Å². The van der Waals surface area contributed by atoms with Crippen LogP contribution in [0.4, 0.5) is 4.39 Å². The second-order valence-corrected chi connectivity index (χ2v) is 6.55. The maximum Gasteiger partial charge on any atom is 0.232 e. The highest BCUT2D eigenvalue weighted by atomic mass is 35.7. The fourth-order valence-electron chi connectivity index (χ4n) is 1.53. The van der Waals surface area contributed by atoms with Crippen LogP contribution in [0.5, 0.6) is 5.75 Å². The molecule has 0 fully saturated rings. The lowest BCUT2D eigenvalue weighted by Crippen LogP contribution is -1.99. The van der Waals surface area contributed by atoms with Gasteiger partial charge < -0.3 is 4.74 Å². The van der Waals surface area contributed by atoms with Crippen LogP contribution in [-0.4, -0.2) is 21.3 Å². The zero-order valence-corrected chi connectivity index (χ0v) is 11.0. The lowest BCUT2D eigenvalue weighted by molar-refractivity contribution is 0.407. The molecule has 1 aromatic carbocycles. The fraction of sp³-hybridized carbons (Fsp3) is 0.455. The van der Waals surface area contributed by atoms with E-state index in [9.17, 15) is 12.8 Å². The summed E-state index contributed by atoms with van der Waals surface area (Å²) in [6, 6.07) is 4.28. The number of hydrogen-bond donors (Lipinski definition) is 0. The summed E-state index contributed by atoms with van der Waals surface area (Å²) < 4.78 is 39.5. The molecular weight excluding hydrogens is 267 g/mol. The first-order chi connectivity index (χ1) is 7.92. The maximum absolute atomic E-state index is 13.0. The van der Waals surface area contributed by atoms with Crippen LogP contribution in [0.2, 0.25) is 0 Å². The number of unbranched alkanes of at least 4 members (excludes halogenated alkanes) is 1. The number of aryl methyl sites for hydroxylation is 1. The summed E-state index contributed by atoms with van der Waals surface area (Å²) in [6.45, 7) is 0. The van der Waals surface area contributed by atoms with E-state index in [4.69, 9.17) is 15.4 Å². The van der Waals surface area contributed by atoms with E-state index in [0.29, 0.717) is 25.0 Å². The van der Waals surface area contributed by atoms with Gasteiger partial charge in [-0.15, -0.1) is 0 Å². The molecule has 0 saturated heterocycles. The molecule has 0 N–H and O–H groups in total. The Kier molecular flexibility index (Phi) is 5.21. The average molecular weight is 281 g/mol. The molecule has 0 bridgehead atoms. The number of hydrogen-bond acceptors (Lipinski definition) is 3. The SMILES string of the molecule is COc1ccc(F)cc1CCCCS(=O)(=O)Cl. The second-order valence-electron chi connectivity index (χ2n) is 3.66. The van der Waals surface area contributed by atoms with Gasteiger partial charge in [-0.2, -0.15) is 0 Å². The standard InChI is InChI=1S/C11H14ClFO3S/c1-16-11-6-5-10(13)8-9(11)4-2-3-7-17(12,14)15/h5-6,8H,2-4,7H2,1H3. The van der Waals surface area contributed by atoms with Gasteiger partial charge in [-0.1, -0.05) is 0 Å². The fourth-order valence-corrected chi connectivity index (χ4v) is 2.41. The van der Waals surface area contributed by atoms with Gasteiger partial charge >= 0.3 is 0 Å². The van der Waals surface area contributed by atoms with Gasteiger partial charge in [0.25, 0.3) is 0 Å². The highest BCUT2D eigenvalue weighted by Gasteiger charge is 2.07. The minimum absolute atomic E-state index is 0.0633. The predicted octanol–water partition coefficient (Wildman–Crippen LogP) is 2.73. The van der Waals surface area contributed by atoms with E-state index in [2.05, 4.69) is 0 Å². The van der Waals surface area contributed by atoms with E-state index in [1.165, 1.54) is 19.2 Å². The second kappa shape index (κ2) is 6.21. The van der Waals surface area contributed by atoms with E-state index in [1.54, 1.807) is 6.07 Å². The summed E-state index contributed by atoms with van der Waals surface area (Å²) in [5, 5.41) is 0. The Hall–Kier alpha value is -0.810. The monoisotopic (exact) mass is 280 g/mol. The van der Waals surface area contributed by atoms with E-state index in [-0.39, 0.29) is 11.6 Å². The number of ether oxygens (including phenoxy) is 1. The Morgan fingerprint density at radius 3 is 2.65 bits per heavy atom. The maximum atomic E-state index is 13.0. The lowest BCUT2D eigenvalue weighted by Gasteiger charge is -2.07. The molecule has 0 aliphatic heterocycles. The van der Waals surface area contributed by atoms with Crippen LogP contribution >= 0.6 is 10.7 Å². The Morgan fingerprint density at radius 1 is 1.35 bits per heavy atom. The molecule has 6 heteroatoms. The molecule has 3 nitrogen and oxygen atoms in total. The lowest BCUT2D eigenvalue weighted by atomic mass is 10.1. The van der Waals surface area contributed by atoms with Crippen molar-refractivity contribution in [3.63, 3.8) is 0 Å². The molecular formula is C11H14ClFO3S. The average Bonchev–Trinajstić information content (AvgIpc) is 2.23. The Labute approximate surface area is 105 Å². The first kappa shape index (κ1) is 14.3. The first-order valence-electron chi connectivity index (χ1n) is 5.17. The first-order valence-corrected chi connectivity index (χ1v) is 7.65. The van der Waals surface area contributed by atoms with Crippen molar-refractivity contribution in [2.75, 3.05) is 12.9 Å². The highest BCUT2D eigenvalue weighted by Crippen LogP contribution is 2.21. The van der Waals surface area contributed by atoms with Crippen molar-refractivity contribution in [3.05, 3.63) is 29.6 Å². The van der Waals surface area contributed by atoms with Gasteiger partial charge in [-0.05, 0) is 43.0 Å². The largest absolute Gasteiger partial charge is 0.496 e. The van der Waals surface area contributed by atoms with Crippen LogP contribution in [0, 0.1) is 5.82 Å². The van der Waals surface area contributed by atoms with Gasteiger partial charge in [0.05, 0.1) is 12.9 Å².